The second kappa shape index (κ2) is 7.11. The molecule has 0 saturated heterocycles. The highest BCUT2D eigenvalue weighted by Gasteiger charge is 2.20. The van der Waals surface area contributed by atoms with Crippen LogP contribution >= 0.6 is 0 Å². The minimum absolute atomic E-state index is 0.297. The summed E-state index contributed by atoms with van der Waals surface area (Å²) in [6.07, 6.45) is 0.324. The summed E-state index contributed by atoms with van der Waals surface area (Å²) in [5, 5.41) is 3.64. The Bertz CT molecular complexity index is 1200. The van der Waals surface area contributed by atoms with Gasteiger partial charge >= 0.3 is 5.97 Å². The summed E-state index contributed by atoms with van der Waals surface area (Å²) in [6.45, 7) is 3.38. The molecule has 0 aliphatic heterocycles. The van der Waals surface area contributed by atoms with Crippen LogP contribution in [0.25, 0.3) is 22.0 Å². The highest BCUT2D eigenvalue weighted by Crippen LogP contribution is 2.23. The summed E-state index contributed by atoms with van der Waals surface area (Å²) in [5.74, 6) is -1.03. The van der Waals surface area contributed by atoms with Gasteiger partial charge in [-0.1, -0.05) is 18.2 Å². The molecule has 7 heteroatoms. The number of nitrogens with zero attached hydrogens (tertiary/aromatic N) is 2. The van der Waals surface area contributed by atoms with E-state index >= 15 is 0 Å². The van der Waals surface area contributed by atoms with Crippen molar-refractivity contribution in [3.8, 4) is 0 Å². The predicted octanol–water partition coefficient (Wildman–Crippen LogP) is 3.87. The Balaban J connectivity index is 1.50. The molecule has 2 heterocycles. The monoisotopic (exact) mass is 375 g/mol. The Morgan fingerprint density at radius 1 is 1.11 bits per heavy atom. The van der Waals surface area contributed by atoms with Crippen LogP contribution in [-0.2, 0) is 9.53 Å². The van der Waals surface area contributed by atoms with Gasteiger partial charge in [0.1, 0.15) is 5.52 Å². The molecule has 2 aromatic carbocycles. The number of para-hydroxylation sites is 1. The van der Waals surface area contributed by atoms with Crippen molar-refractivity contribution in [2.75, 3.05) is 5.32 Å². The van der Waals surface area contributed by atoms with Gasteiger partial charge in [-0.3, -0.25) is 9.78 Å². The predicted molar refractivity (Wildman–Crippen MR) is 104 cm³/mol. The molecule has 0 aliphatic rings. The van der Waals surface area contributed by atoms with Crippen molar-refractivity contribution < 1.29 is 18.7 Å². The van der Waals surface area contributed by atoms with Crippen LogP contribution in [-0.4, -0.2) is 27.9 Å². The molecule has 1 atom stereocenters. The minimum Gasteiger partial charge on any atom is -0.449 e. The van der Waals surface area contributed by atoms with E-state index in [-0.39, 0.29) is 0 Å². The molecule has 0 radical (unpaired) electrons. The molecule has 7 nitrogen and oxygen atoms in total. The van der Waals surface area contributed by atoms with E-state index in [2.05, 4.69) is 15.3 Å². The fraction of sp³-hybridized carbons (Fsp3) is 0.143. The molecular formula is C21H17N3O4. The number of esters is 1. The van der Waals surface area contributed by atoms with E-state index in [1.54, 1.807) is 24.3 Å². The van der Waals surface area contributed by atoms with Crippen LogP contribution in [0.15, 0.2) is 59.3 Å². The normalized spacial score (nSPS) is 12.1. The summed E-state index contributed by atoms with van der Waals surface area (Å²) >= 11 is 0. The number of benzene rings is 2. The number of nitrogens with one attached hydrogen (secondary N) is 1. The zero-order valence-corrected chi connectivity index (χ0v) is 15.3. The van der Waals surface area contributed by atoms with Crippen LogP contribution in [0.4, 0.5) is 5.69 Å². The zero-order chi connectivity index (χ0) is 19.7. The number of pyridine rings is 1. The van der Waals surface area contributed by atoms with E-state index in [0.717, 1.165) is 16.6 Å². The summed E-state index contributed by atoms with van der Waals surface area (Å²) in [7, 11) is 0. The van der Waals surface area contributed by atoms with Crippen LogP contribution in [0, 0.1) is 6.92 Å². The van der Waals surface area contributed by atoms with Gasteiger partial charge in [-0.05, 0) is 44.2 Å². The van der Waals surface area contributed by atoms with Crippen molar-refractivity contribution in [3.63, 3.8) is 0 Å². The van der Waals surface area contributed by atoms with Crippen LogP contribution < -0.4 is 5.32 Å². The van der Waals surface area contributed by atoms with Crippen LogP contribution in [0.5, 0.6) is 0 Å². The van der Waals surface area contributed by atoms with Gasteiger partial charge in [0.25, 0.3) is 5.91 Å². The average molecular weight is 375 g/mol. The standard InChI is InChI=1S/C21H17N3O4/c1-12-9-17(15-5-3-4-6-16(15)23-12)24-20(25)13(2)28-21(26)14-7-8-19-18(10-14)22-11-27-19/h3-11,13H,1-2H3,(H,23,24,25). The molecule has 4 aromatic rings. The van der Waals surface area contributed by atoms with Crippen molar-refractivity contribution in [3.05, 3.63) is 66.2 Å². The molecular weight excluding hydrogens is 358 g/mol. The summed E-state index contributed by atoms with van der Waals surface area (Å²) in [6, 6.07) is 14.1. The number of aryl methyl sites for hydroxylation is 1. The lowest BCUT2D eigenvalue weighted by atomic mass is 10.1. The Hall–Kier alpha value is -3.74. The minimum atomic E-state index is -0.979. The number of hydrogen-bond acceptors (Lipinski definition) is 6. The van der Waals surface area contributed by atoms with E-state index in [1.807, 2.05) is 31.2 Å². The van der Waals surface area contributed by atoms with Crippen molar-refractivity contribution in [1.29, 1.82) is 0 Å². The first-order chi connectivity index (χ1) is 13.5. The van der Waals surface area contributed by atoms with Gasteiger partial charge in [0.15, 0.2) is 18.1 Å². The maximum atomic E-state index is 12.6. The Morgan fingerprint density at radius 2 is 1.93 bits per heavy atom. The lowest BCUT2D eigenvalue weighted by Gasteiger charge is -2.15. The summed E-state index contributed by atoms with van der Waals surface area (Å²) in [5.41, 5.74) is 3.60. The van der Waals surface area contributed by atoms with Gasteiger partial charge in [0.2, 0.25) is 0 Å². The fourth-order valence-corrected chi connectivity index (χ4v) is 2.91. The van der Waals surface area contributed by atoms with Crippen molar-refractivity contribution in [1.82, 2.24) is 9.97 Å². The highest BCUT2D eigenvalue weighted by atomic mass is 16.5. The van der Waals surface area contributed by atoms with Crippen molar-refractivity contribution in [2.24, 2.45) is 0 Å². The first-order valence-electron chi connectivity index (χ1n) is 8.73. The molecule has 0 saturated carbocycles. The number of ether oxygens (including phenoxy) is 1. The van der Waals surface area contributed by atoms with E-state index in [1.165, 1.54) is 13.3 Å². The van der Waals surface area contributed by atoms with Crippen molar-refractivity contribution >= 4 is 39.6 Å². The van der Waals surface area contributed by atoms with Gasteiger partial charge in [0, 0.05) is 11.1 Å². The highest BCUT2D eigenvalue weighted by molar-refractivity contribution is 6.03. The first-order valence-corrected chi connectivity index (χ1v) is 8.73. The third kappa shape index (κ3) is 3.42. The maximum absolute atomic E-state index is 12.6. The number of fused-ring (bicyclic) bond motifs is 2. The smallest absolute Gasteiger partial charge is 0.338 e. The molecule has 1 amide bonds. The maximum Gasteiger partial charge on any atom is 0.338 e. The quantitative estimate of drug-likeness (QED) is 0.544. The molecule has 28 heavy (non-hydrogen) atoms. The van der Waals surface area contributed by atoms with Crippen molar-refractivity contribution in [2.45, 2.75) is 20.0 Å². The Labute approximate surface area is 160 Å². The number of amides is 1. The molecule has 2 aromatic heterocycles. The summed E-state index contributed by atoms with van der Waals surface area (Å²) in [4.78, 5) is 33.4. The number of carbonyl (C=O) groups excluding carboxylic acids is 2. The lowest BCUT2D eigenvalue weighted by Crippen LogP contribution is -2.30. The lowest BCUT2D eigenvalue weighted by molar-refractivity contribution is -0.123. The second-order valence-electron chi connectivity index (χ2n) is 6.40. The fourth-order valence-electron chi connectivity index (χ4n) is 2.91. The SMILES string of the molecule is Cc1cc(NC(=O)C(C)OC(=O)c2ccc3ocnc3c2)c2ccccc2n1. The molecule has 0 spiro atoms. The topological polar surface area (TPSA) is 94.3 Å². The van der Waals surface area contributed by atoms with E-state index in [9.17, 15) is 9.59 Å². The first kappa shape index (κ1) is 17.7. The van der Waals surface area contributed by atoms with Gasteiger partial charge in [0.05, 0.1) is 16.8 Å². The van der Waals surface area contributed by atoms with E-state index < -0.39 is 18.0 Å². The van der Waals surface area contributed by atoms with E-state index in [4.69, 9.17) is 9.15 Å². The molecule has 1 N–H and O–H groups in total. The molecule has 0 bridgehead atoms. The number of anilines is 1. The molecule has 140 valence electrons. The molecule has 0 fully saturated rings. The third-order valence-corrected chi connectivity index (χ3v) is 4.32. The number of carbonyl (C=O) groups is 2. The number of rotatable bonds is 4. The molecule has 4 rings (SSSR count). The third-order valence-electron chi connectivity index (χ3n) is 4.32. The van der Waals surface area contributed by atoms with E-state index in [0.29, 0.717) is 22.4 Å². The number of aromatic nitrogens is 2. The van der Waals surface area contributed by atoms with Gasteiger partial charge in [-0.2, -0.15) is 0 Å². The van der Waals surface area contributed by atoms with Gasteiger partial charge < -0.3 is 14.5 Å². The Kier molecular flexibility index (Phi) is 4.49. The van der Waals surface area contributed by atoms with Gasteiger partial charge in [-0.15, -0.1) is 0 Å². The van der Waals surface area contributed by atoms with Gasteiger partial charge in [-0.25, -0.2) is 9.78 Å². The molecule has 1 unspecified atom stereocenters. The average Bonchev–Trinajstić information content (AvgIpc) is 3.15. The number of hydrogen-bond donors (Lipinski definition) is 1. The molecule has 0 aliphatic carbocycles. The van der Waals surface area contributed by atoms with Crippen LogP contribution in [0.3, 0.4) is 0 Å². The van der Waals surface area contributed by atoms with Crippen LogP contribution in [0.2, 0.25) is 0 Å². The number of oxazole rings is 1. The second-order valence-corrected chi connectivity index (χ2v) is 6.40. The largest absolute Gasteiger partial charge is 0.449 e. The summed E-state index contributed by atoms with van der Waals surface area (Å²) < 4.78 is 10.5. The van der Waals surface area contributed by atoms with Crippen LogP contribution in [0.1, 0.15) is 23.0 Å². The zero-order valence-electron chi connectivity index (χ0n) is 15.3. The Morgan fingerprint density at radius 3 is 2.79 bits per heavy atom.